The molecule has 0 fully saturated rings. The average molecular weight is 409 g/mol. The molecule has 1 aromatic carbocycles. The largest absolute Gasteiger partial charge is 0.347 e. The number of aromatic amines is 1. The molecular formula is C19H13ClN6OS. The normalized spacial score (nSPS) is 10.8. The Morgan fingerprint density at radius 1 is 1.29 bits per heavy atom. The summed E-state index contributed by atoms with van der Waals surface area (Å²) in [7, 11) is 1.79. The summed E-state index contributed by atoms with van der Waals surface area (Å²) in [4.78, 5) is 29.2. The number of thiazole rings is 1. The minimum atomic E-state index is -0.422. The number of nitrogens with zero attached hydrogens (tertiary/aromatic N) is 5. The molecule has 0 aliphatic carbocycles. The molecule has 0 radical (unpaired) electrons. The van der Waals surface area contributed by atoms with Gasteiger partial charge in [-0.25, -0.2) is 14.8 Å². The van der Waals surface area contributed by atoms with Gasteiger partial charge in [-0.3, -0.25) is 0 Å². The van der Waals surface area contributed by atoms with Crippen molar-refractivity contribution < 1.29 is 0 Å². The summed E-state index contributed by atoms with van der Waals surface area (Å²) in [6.45, 7) is 1.79. The minimum Gasteiger partial charge on any atom is -0.313 e. The Balaban J connectivity index is 1.89. The Hall–Kier alpha value is -3.28. The molecule has 0 saturated heterocycles. The summed E-state index contributed by atoms with van der Waals surface area (Å²) < 4.78 is 0.809. The predicted molar refractivity (Wildman–Crippen MR) is 110 cm³/mol. The van der Waals surface area contributed by atoms with Crippen molar-refractivity contribution in [1.82, 2.24) is 19.9 Å². The number of pyridine rings is 1. The number of nitrogens with one attached hydrogen (secondary N) is 1. The second-order valence-electron chi connectivity index (χ2n) is 6.06. The third-order valence-corrected chi connectivity index (χ3v) is 5.56. The van der Waals surface area contributed by atoms with Crippen LogP contribution in [0.5, 0.6) is 0 Å². The zero-order valence-corrected chi connectivity index (χ0v) is 16.5. The lowest BCUT2D eigenvalue weighted by Crippen LogP contribution is -2.19. The summed E-state index contributed by atoms with van der Waals surface area (Å²) in [6.07, 6.45) is 1.65. The standard InChI is InChI=1S/C19H13ClN6OS/c1-10-8-14(25-19(27)23-10)26(2)17-16-13(6-7-22-17)24-18(28-16)15-11(9-21)4-3-5-12(15)20/h3-8H,1-2H3,(H,23,25,27). The summed E-state index contributed by atoms with van der Waals surface area (Å²) >= 11 is 7.73. The van der Waals surface area contributed by atoms with Gasteiger partial charge in [0, 0.05) is 30.6 Å². The average Bonchev–Trinajstić information content (AvgIpc) is 3.10. The van der Waals surface area contributed by atoms with Crippen LogP contribution >= 0.6 is 22.9 Å². The van der Waals surface area contributed by atoms with E-state index in [0.29, 0.717) is 38.5 Å². The lowest BCUT2D eigenvalue weighted by molar-refractivity contribution is 0.985. The second-order valence-corrected chi connectivity index (χ2v) is 7.47. The van der Waals surface area contributed by atoms with Crippen molar-refractivity contribution in [2.75, 3.05) is 11.9 Å². The number of halogens is 1. The van der Waals surface area contributed by atoms with E-state index in [1.54, 1.807) is 55.4 Å². The fourth-order valence-corrected chi connectivity index (χ4v) is 4.34. The topological polar surface area (TPSA) is 98.6 Å². The van der Waals surface area contributed by atoms with Crippen LogP contribution < -0.4 is 10.6 Å². The molecule has 0 unspecified atom stereocenters. The molecule has 0 aliphatic heterocycles. The maximum absolute atomic E-state index is 11.7. The molecule has 0 bridgehead atoms. The molecule has 0 amide bonds. The van der Waals surface area contributed by atoms with Crippen LogP contribution in [0.2, 0.25) is 5.02 Å². The highest BCUT2D eigenvalue weighted by Crippen LogP contribution is 2.39. The van der Waals surface area contributed by atoms with E-state index >= 15 is 0 Å². The number of anilines is 2. The fourth-order valence-electron chi connectivity index (χ4n) is 2.87. The highest BCUT2D eigenvalue weighted by atomic mass is 35.5. The lowest BCUT2D eigenvalue weighted by Gasteiger charge is -2.17. The number of benzene rings is 1. The zero-order valence-electron chi connectivity index (χ0n) is 14.9. The van der Waals surface area contributed by atoms with E-state index in [0.717, 1.165) is 10.2 Å². The molecule has 0 atom stereocenters. The first-order chi connectivity index (χ1) is 13.5. The van der Waals surface area contributed by atoms with E-state index in [9.17, 15) is 10.1 Å². The van der Waals surface area contributed by atoms with E-state index in [2.05, 4.69) is 26.0 Å². The first kappa shape index (κ1) is 18.1. The Labute approximate surface area is 168 Å². The van der Waals surface area contributed by atoms with Crippen molar-refractivity contribution in [3.8, 4) is 16.6 Å². The van der Waals surface area contributed by atoms with Crippen LogP contribution in [0.25, 0.3) is 20.8 Å². The van der Waals surface area contributed by atoms with Gasteiger partial charge < -0.3 is 9.88 Å². The van der Waals surface area contributed by atoms with Gasteiger partial charge >= 0.3 is 5.69 Å². The van der Waals surface area contributed by atoms with Crippen LogP contribution in [0.1, 0.15) is 11.3 Å². The molecule has 4 aromatic rings. The maximum Gasteiger partial charge on any atom is 0.347 e. The molecule has 4 rings (SSSR count). The molecule has 28 heavy (non-hydrogen) atoms. The molecule has 0 saturated carbocycles. The number of aromatic nitrogens is 4. The van der Waals surface area contributed by atoms with Gasteiger partial charge in [0.15, 0.2) is 5.82 Å². The molecule has 0 spiro atoms. The lowest BCUT2D eigenvalue weighted by atomic mass is 10.1. The quantitative estimate of drug-likeness (QED) is 0.549. The van der Waals surface area contributed by atoms with Crippen LogP contribution in [0.4, 0.5) is 11.6 Å². The number of fused-ring (bicyclic) bond motifs is 1. The minimum absolute atomic E-state index is 0.422. The number of rotatable bonds is 3. The van der Waals surface area contributed by atoms with Crippen molar-refractivity contribution in [3.05, 3.63) is 63.3 Å². The van der Waals surface area contributed by atoms with Crippen molar-refractivity contribution in [3.63, 3.8) is 0 Å². The molecule has 9 heteroatoms. The van der Waals surface area contributed by atoms with Gasteiger partial charge in [-0.2, -0.15) is 10.2 Å². The molecular weight excluding hydrogens is 396 g/mol. The number of H-pyrrole nitrogens is 1. The maximum atomic E-state index is 11.7. The summed E-state index contributed by atoms with van der Waals surface area (Å²) in [6, 6.07) is 10.9. The van der Waals surface area contributed by atoms with Gasteiger partial charge in [0.2, 0.25) is 0 Å². The van der Waals surface area contributed by atoms with E-state index in [-0.39, 0.29) is 0 Å². The zero-order chi connectivity index (χ0) is 19.8. The van der Waals surface area contributed by atoms with Gasteiger partial charge in [0.25, 0.3) is 0 Å². The fraction of sp³-hybridized carbons (Fsp3) is 0.105. The number of aryl methyl sites for hydroxylation is 1. The second kappa shape index (κ2) is 7.03. The molecule has 1 N–H and O–H groups in total. The first-order valence-electron chi connectivity index (χ1n) is 8.24. The number of hydrogen-bond acceptors (Lipinski definition) is 7. The Morgan fingerprint density at radius 2 is 2.11 bits per heavy atom. The first-order valence-corrected chi connectivity index (χ1v) is 9.43. The molecule has 138 valence electrons. The molecule has 3 heterocycles. The van der Waals surface area contributed by atoms with Gasteiger partial charge in [0.1, 0.15) is 10.8 Å². The van der Waals surface area contributed by atoms with Crippen LogP contribution in [-0.4, -0.2) is 27.0 Å². The van der Waals surface area contributed by atoms with Gasteiger partial charge in [-0.1, -0.05) is 17.7 Å². The Morgan fingerprint density at radius 3 is 2.86 bits per heavy atom. The van der Waals surface area contributed by atoms with Crippen molar-refractivity contribution in [2.45, 2.75) is 6.92 Å². The molecule has 3 aromatic heterocycles. The Kier molecular flexibility index (Phi) is 4.55. The van der Waals surface area contributed by atoms with Crippen LogP contribution in [-0.2, 0) is 0 Å². The van der Waals surface area contributed by atoms with E-state index in [1.165, 1.54) is 11.3 Å². The van der Waals surface area contributed by atoms with Gasteiger partial charge in [0.05, 0.1) is 26.9 Å². The Bertz CT molecular complexity index is 1310. The third-order valence-electron chi connectivity index (χ3n) is 4.16. The van der Waals surface area contributed by atoms with E-state index in [4.69, 9.17) is 11.6 Å². The van der Waals surface area contributed by atoms with E-state index < -0.39 is 5.69 Å². The highest BCUT2D eigenvalue weighted by molar-refractivity contribution is 7.22. The monoisotopic (exact) mass is 408 g/mol. The van der Waals surface area contributed by atoms with Crippen LogP contribution in [0.3, 0.4) is 0 Å². The third kappa shape index (κ3) is 3.11. The predicted octanol–water partition coefficient (Wildman–Crippen LogP) is 4.04. The van der Waals surface area contributed by atoms with Crippen LogP contribution in [0.15, 0.2) is 41.3 Å². The van der Waals surface area contributed by atoms with Crippen LogP contribution in [0, 0.1) is 18.3 Å². The van der Waals surface area contributed by atoms with Gasteiger partial charge in [-0.05, 0) is 25.1 Å². The van der Waals surface area contributed by atoms with Crippen molar-refractivity contribution in [1.29, 1.82) is 5.26 Å². The molecule has 7 nitrogen and oxygen atoms in total. The smallest absolute Gasteiger partial charge is 0.313 e. The summed E-state index contributed by atoms with van der Waals surface area (Å²) in [5.41, 5.74) is 2.07. The SMILES string of the molecule is Cc1cc(N(C)c2nccc3nc(-c4c(Cl)cccc4C#N)sc23)nc(=O)[nH]1. The van der Waals surface area contributed by atoms with E-state index in [1.807, 2.05) is 0 Å². The number of hydrogen-bond donors (Lipinski definition) is 1. The van der Waals surface area contributed by atoms with Crippen molar-refractivity contribution in [2.24, 2.45) is 0 Å². The summed E-state index contributed by atoms with van der Waals surface area (Å²) in [5.74, 6) is 1.09. The summed E-state index contributed by atoms with van der Waals surface area (Å²) in [5, 5.41) is 10.5. The number of nitriles is 1. The van der Waals surface area contributed by atoms with Crippen molar-refractivity contribution >= 4 is 44.8 Å². The molecule has 0 aliphatic rings. The van der Waals surface area contributed by atoms with Gasteiger partial charge in [-0.15, -0.1) is 11.3 Å². The highest BCUT2D eigenvalue weighted by Gasteiger charge is 2.19.